The summed E-state index contributed by atoms with van der Waals surface area (Å²) in [7, 11) is 0. The molecule has 108 valence electrons. The van der Waals surface area contributed by atoms with E-state index in [1.807, 2.05) is 48.5 Å². The molecule has 0 atom stereocenters. The maximum atomic E-state index is 12.2. The number of aromatic nitrogens is 2. The van der Waals surface area contributed by atoms with Gasteiger partial charge in [0.15, 0.2) is 0 Å². The summed E-state index contributed by atoms with van der Waals surface area (Å²) in [6, 6.07) is 15.9. The molecule has 22 heavy (non-hydrogen) atoms. The van der Waals surface area contributed by atoms with Crippen LogP contribution < -0.4 is 0 Å². The van der Waals surface area contributed by atoms with E-state index in [-0.39, 0.29) is 11.7 Å². The van der Waals surface area contributed by atoms with E-state index in [9.17, 15) is 4.79 Å². The van der Waals surface area contributed by atoms with Gasteiger partial charge in [-0.3, -0.25) is 4.79 Å². The van der Waals surface area contributed by atoms with Crippen LogP contribution in [0.2, 0.25) is 0 Å². The van der Waals surface area contributed by atoms with Crippen LogP contribution in [0, 0.1) is 0 Å². The minimum atomic E-state index is -0.366. The van der Waals surface area contributed by atoms with Gasteiger partial charge >= 0.3 is 0 Å². The van der Waals surface area contributed by atoms with Gasteiger partial charge in [-0.05, 0) is 31.2 Å². The van der Waals surface area contributed by atoms with E-state index < -0.39 is 0 Å². The smallest absolute Gasteiger partial charge is 0.146 e. The Morgan fingerprint density at radius 3 is 1.73 bits per heavy atom. The number of hydrogen-bond acceptors (Lipinski definition) is 5. The zero-order valence-electron chi connectivity index (χ0n) is 11.8. The fraction of sp³-hybridized carbons (Fsp3) is 0.118. The van der Waals surface area contributed by atoms with Gasteiger partial charge in [-0.25, -0.2) is 9.97 Å². The molecule has 0 aliphatic carbocycles. The Bertz CT molecular complexity index is 846. The van der Waals surface area contributed by atoms with Crippen LogP contribution in [0.15, 0.2) is 48.5 Å². The van der Waals surface area contributed by atoms with Crippen molar-refractivity contribution in [2.24, 2.45) is 0 Å². The van der Waals surface area contributed by atoms with Crippen LogP contribution in [0.1, 0.15) is 22.9 Å². The van der Waals surface area contributed by atoms with Gasteiger partial charge in [0.25, 0.3) is 0 Å². The van der Waals surface area contributed by atoms with Gasteiger partial charge in [0, 0.05) is 0 Å². The maximum absolute atomic E-state index is 12.2. The van der Waals surface area contributed by atoms with E-state index >= 15 is 0 Å². The lowest BCUT2D eigenvalue weighted by atomic mass is 10.1. The van der Waals surface area contributed by atoms with Gasteiger partial charge in [0.1, 0.15) is 21.7 Å². The Labute approximate surface area is 135 Å². The number of hydrogen-bond donors (Lipinski definition) is 0. The van der Waals surface area contributed by atoms with Crippen molar-refractivity contribution in [2.75, 3.05) is 0 Å². The lowest BCUT2D eigenvalue weighted by Crippen LogP contribution is -2.09. The van der Waals surface area contributed by atoms with Gasteiger partial charge < -0.3 is 0 Å². The van der Waals surface area contributed by atoms with Crippen molar-refractivity contribution < 1.29 is 4.79 Å². The van der Waals surface area contributed by atoms with Gasteiger partial charge in [-0.2, -0.15) is 0 Å². The van der Waals surface area contributed by atoms with Crippen LogP contribution in [-0.2, 0) is 4.79 Å². The number of thiazole rings is 2. The first kappa shape index (κ1) is 13.5. The Morgan fingerprint density at radius 1 is 0.864 bits per heavy atom. The summed E-state index contributed by atoms with van der Waals surface area (Å²) in [4.78, 5) is 21.5. The highest BCUT2D eigenvalue weighted by atomic mass is 32.1. The van der Waals surface area contributed by atoms with Gasteiger partial charge in [-0.15, -0.1) is 22.7 Å². The first-order chi connectivity index (χ1) is 10.7. The number of carbonyl (C=O) groups is 1. The molecule has 0 N–H and O–H groups in total. The summed E-state index contributed by atoms with van der Waals surface area (Å²) in [5.41, 5.74) is 1.88. The third-order valence-corrected chi connectivity index (χ3v) is 5.72. The first-order valence-electron chi connectivity index (χ1n) is 6.94. The lowest BCUT2D eigenvalue weighted by molar-refractivity contribution is -0.117. The largest absolute Gasteiger partial charge is 0.299 e. The van der Waals surface area contributed by atoms with E-state index in [2.05, 4.69) is 9.97 Å². The Morgan fingerprint density at radius 2 is 1.32 bits per heavy atom. The molecule has 0 amide bonds. The van der Waals surface area contributed by atoms with Crippen molar-refractivity contribution in [1.82, 2.24) is 9.97 Å². The number of rotatable bonds is 3. The molecule has 0 fully saturated rings. The minimum Gasteiger partial charge on any atom is -0.299 e. The van der Waals surface area contributed by atoms with Crippen molar-refractivity contribution >= 4 is 48.9 Å². The van der Waals surface area contributed by atoms with Crippen molar-refractivity contribution in [1.29, 1.82) is 0 Å². The number of Topliss-reactive ketones (excluding diaryl/α,β-unsaturated/α-hetero) is 1. The Kier molecular flexibility index (Phi) is 3.24. The molecule has 0 radical (unpaired) electrons. The molecule has 5 heteroatoms. The van der Waals surface area contributed by atoms with Gasteiger partial charge in [0.05, 0.1) is 20.4 Å². The average Bonchev–Trinajstić information content (AvgIpc) is 3.09. The van der Waals surface area contributed by atoms with E-state index in [4.69, 9.17) is 0 Å². The third-order valence-electron chi connectivity index (χ3n) is 3.52. The third kappa shape index (κ3) is 2.23. The van der Waals surface area contributed by atoms with Crippen LogP contribution in [0.4, 0.5) is 0 Å². The first-order valence-corrected chi connectivity index (χ1v) is 8.57. The minimum absolute atomic E-state index is 0.0816. The summed E-state index contributed by atoms with van der Waals surface area (Å²) in [6.45, 7) is 1.61. The molecule has 4 aromatic rings. The molecule has 3 nitrogen and oxygen atoms in total. The summed E-state index contributed by atoms with van der Waals surface area (Å²) in [5, 5.41) is 1.65. The molecule has 0 spiro atoms. The Balaban J connectivity index is 1.88. The highest BCUT2D eigenvalue weighted by molar-refractivity contribution is 7.20. The molecule has 0 unspecified atom stereocenters. The summed E-state index contributed by atoms with van der Waals surface area (Å²) < 4.78 is 2.20. The predicted molar refractivity (Wildman–Crippen MR) is 91.8 cm³/mol. The summed E-state index contributed by atoms with van der Waals surface area (Å²) >= 11 is 3.15. The maximum Gasteiger partial charge on any atom is 0.146 e. The fourth-order valence-corrected chi connectivity index (χ4v) is 4.81. The van der Waals surface area contributed by atoms with Crippen LogP contribution in [0.25, 0.3) is 20.4 Å². The molecule has 2 aromatic heterocycles. The molecular formula is C17H12N2OS2. The van der Waals surface area contributed by atoms with Crippen molar-refractivity contribution in [3.63, 3.8) is 0 Å². The van der Waals surface area contributed by atoms with Crippen LogP contribution in [0.5, 0.6) is 0 Å². The molecule has 0 saturated carbocycles. The van der Waals surface area contributed by atoms with Crippen molar-refractivity contribution in [2.45, 2.75) is 12.8 Å². The number of ketones is 1. The molecular weight excluding hydrogens is 312 g/mol. The highest BCUT2D eigenvalue weighted by Gasteiger charge is 2.26. The highest BCUT2D eigenvalue weighted by Crippen LogP contribution is 2.36. The fourth-order valence-electron chi connectivity index (χ4n) is 2.48. The Hall–Kier alpha value is -2.11. The lowest BCUT2D eigenvalue weighted by Gasteiger charge is -2.06. The zero-order valence-corrected chi connectivity index (χ0v) is 13.4. The number of fused-ring (bicyclic) bond motifs is 2. The van der Waals surface area contributed by atoms with Crippen LogP contribution >= 0.6 is 22.7 Å². The quantitative estimate of drug-likeness (QED) is 0.552. The molecule has 2 heterocycles. The number of carbonyl (C=O) groups excluding carboxylic acids is 1. The van der Waals surface area contributed by atoms with Gasteiger partial charge in [0.2, 0.25) is 0 Å². The summed E-state index contributed by atoms with van der Waals surface area (Å²) in [5.74, 6) is -0.284. The van der Waals surface area contributed by atoms with Gasteiger partial charge in [-0.1, -0.05) is 24.3 Å². The molecule has 2 aromatic carbocycles. The second kappa shape index (κ2) is 5.26. The summed E-state index contributed by atoms with van der Waals surface area (Å²) in [6.07, 6.45) is 0. The zero-order chi connectivity index (χ0) is 15.1. The second-order valence-corrected chi connectivity index (χ2v) is 7.21. The molecule has 0 aliphatic rings. The van der Waals surface area contributed by atoms with Crippen molar-refractivity contribution in [3.8, 4) is 0 Å². The molecule has 0 saturated heterocycles. The topological polar surface area (TPSA) is 42.9 Å². The normalized spacial score (nSPS) is 11.5. The van der Waals surface area contributed by atoms with E-state index in [1.54, 1.807) is 29.6 Å². The molecule has 0 bridgehead atoms. The number of nitrogens with zero attached hydrogens (tertiary/aromatic N) is 2. The van der Waals surface area contributed by atoms with E-state index in [0.29, 0.717) is 0 Å². The standard InChI is InChI=1S/C17H12N2OS2/c1-10(20)15(16-18-11-6-2-4-8-13(11)21-16)17-19-12-7-3-5-9-14(12)22-17/h2-9,15H,1H3. The molecule has 4 rings (SSSR count). The van der Waals surface area contributed by atoms with Crippen molar-refractivity contribution in [3.05, 3.63) is 58.5 Å². The number of benzene rings is 2. The van der Waals surface area contributed by atoms with Crippen LogP contribution in [-0.4, -0.2) is 15.8 Å². The monoisotopic (exact) mass is 324 g/mol. The molecule has 0 aliphatic heterocycles. The predicted octanol–water partition coefficient (Wildman–Crippen LogP) is 4.63. The second-order valence-electron chi connectivity index (χ2n) is 5.08. The SMILES string of the molecule is CC(=O)C(c1nc2ccccc2s1)c1nc2ccccc2s1. The number of para-hydroxylation sites is 2. The van der Waals surface area contributed by atoms with Crippen LogP contribution in [0.3, 0.4) is 0 Å². The average molecular weight is 324 g/mol. The van der Waals surface area contributed by atoms with E-state index in [0.717, 1.165) is 30.4 Å². The van der Waals surface area contributed by atoms with E-state index in [1.165, 1.54) is 0 Å².